The summed E-state index contributed by atoms with van der Waals surface area (Å²) in [6.07, 6.45) is 3.06. The molecule has 0 saturated carbocycles. The van der Waals surface area contributed by atoms with Gasteiger partial charge in [0.1, 0.15) is 11.6 Å². The Morgan fingerprint density at radius 1 is 1.15 bits per heavy atom. The van der Waals surface area contributed by atoms with Gasteiger partial charge in [0.2, 0.25) is 5.95 Å². The predicted octanol–water partition coefficient (Wildman–Crippen LogP) is 3.60. The summed E-state index contributed by atoms with van der Waals surface area (Å²) in [5, 5.41) is 8.71. The molecule has 1 aliphatic heterocycles. The highest BCUT2D eigenvalue weighted by molar-refractivity contribution is 5.89. The van der Waals surface area contributed by atoms with E-state index in [9.17, 15) is 0 Å². The highest BCUT2D eigenvalue weighted by Crippen LogP contribution is 2.30. The van der Waals surface area contributed by atoms with Crippen molar-refractivity contribution < 1.29 is 4.74 Å². The molecule has 27 heavy (non-hydrogen) atoms. The lowest BCUT2D eigenvalue weighted by atomic mass is 9.92. The maximum absolute atomic E-state index is 5.33. The van der Waals surface area contributed by atoms with Gasteiger partial charge < -0.3 is 15.0 Å². The number of hydrogen-bond acceptors (Lipinski definition) is 6. The number of rotatable bonds is 4. The van der Waals surface area contributed by atoms with Crippen LogP contribution in [0.15, 0.2) is 30.5 Å². The third kappa shape index (κ3) is 3.54. The number of fused-ring (bicyclic) bond motifs is 1. The standard InChI is InChI=1S/C20H26N6O/c1-13-8-14(2)12-26(11-13)20-23-18(17-10-21-25(3)19(17)24-20)22-15-6-5-7-16(9-15)27-4/h5-7,9-10,13-14H,8,11-12H2,1-4H3,(H,22,23,24)/t13-,14-/m1/s1. The number of aromatic nitrogens is 4. The lowest BCUT2D eigenvalue weighted by Crippen LogP contribution is -2.39. The normalized spacial score (nSPS) is 20.1. The van der Waals surface area contributed by atoms with Gasteiger partial charge in [-0.2, -0.15) is 15.1 Å². The first kappa shape index (κ1) is 17.6. The minimum atomic E-state index is 0.634. The first-order chi connectivity index (χ1) is 13.0. The molecular formula is C20H26N6O. The van der Waals surface area contributed by atoms with Crippen LogP contribution in [0, 0.1) is 11.8 Å². The fourth-order valence-electron chi connectivity index (χ4n) is 3.91. The molecule has 0 spiro atoms. The third-order valence-corrected chi connectivity index (χ3v) is 5.06. The van der Waals surface area contributed by atoms with E-state index in [1.165, 1.54) is 6.42 Å². The van der Waals surface area contributed by atoms with Crippen LogP contribution in [0.25, 0.3) is 11.0 Å². The van der Waals surface area contributed by atoms with Crippen LogP contribution >= 0.6 is 0 Å². The van der Waals surface area contributed by atoms with Gasteiger partial charge >= 0.3 is 0 Å². The summed E-state index contributed by atoms with van der Waals surface area (Å²) in [6.45, 7) is 6.54. The van der Waals surface area contributed by atoms with Gasteiger partial charge in [-0.3, -0.25) is 4.68 Å². The molecule has 0 bridgehead atoms. The Hall–Kier alpha value is -2.83. The topological polar surface area (TPSA) is 68.1 Å². The second-order valence-corrected chi connectivity index (χ2v) is 7.59. The fourth-order valence-corrected chi connectivity index (χ4v) is 3.91. The molecule has 2 atom stereocenters. The maximum Gasteiger partial charge on any atom is 0.229 e. The van der Waals surface area contributed by atoms with E-state index in [0.29, 0.717) is 11.8 Å². The molecule has 1 aliphatic rings. The number of anilines is 3. The van der Waals surface area contributed by atoms with Crippen molar-refractivity contribution in [1.29, 1.82) is 0 Å². The summed E-state index contributed by atoms with van der Waals surface area (Å²) in [7, 11) is 3.58. The number of nitrogens with zero attached hydrogens (tertiary/aromatic N) is 5. The van der Waals surface area contributed by atoms with Crippen molar-refractivity contribution in [2.75, 3.05) is 30.4 Å². The number of nitrogens with one attached hydrogen (secondary N) is 1. The van der Waals surface area contributed by atoms with Crippen molar-refractivity contribution in [3.8, 4) is 5.75 Å². The molecule has 0 radical (unpaired) electrons. The van der Waals surface area contributed by atoms with Crippen LogP contribution in [-0.4, -0.2) is 39.9 Å². The van der Waals surface area contributed by atoms with Crippen LogP contribution in [0.2, 0.25) is 0 Å². The van der Waals surface area contributed by atoms with E-state index in [1.54, 1.807) is 11.8 Å². The van der Waals surface area contributed by atoms with Gasteiger partial charge in [0.25, 0.3) is 0 Å². The maximum atomic E-state index is 5.33. The lowest BCUT2D eigenvalue weighted by molar-refractivity contribution is 0.354. The fraction of sp³-hybridized carbons (Fsp3) is 0.450. The minimum absolute atomic E-state index is 0.634. The highest BCUT2D eigenvalue weighted by atomic mass is 16.5. The molecule has 3 heterocycles. The largest absolute Gasteiger partial charge is 0.497 e. The number of benzene rings is 1. The SMILES string of the molecule is COc1cccc(Nc2nc(N3C[C@H](C)C[C@@H](C)C3)nc3c2cnn3C)c1. The lowest BCUT2D eigenvalue weighted by Gasteiger charge is -2.35. The Kier molecular flexibility index (Phi) is 4.59. The molecule has 7 heteroatoms. The summed E-state index contributed by atoms with van der Waals surface area (Å²) in [4.78, 5) is 12.0. The summed E-state index contributed by atoms with van der Waals surface area (Å²) < 4.78 is 7.13. The van der Waals surface area contributed by atoms with Crippen molar-refractivity contribution in [1.82, 2.24) is 19.7 Å². The molecule has 3 aromatic rings. The molecular weight excluding hydrogens is 340 g/mol. The average Bonchev–Trinajstić information content (AvgIpc) is 3.02. The summed E-state index contributed by atoms with van der Waals surface area (Å²) in [5.41, 5.74) is 1.75. The molecule has 0 amide bonds. The van der Waals surface area contributed by atoms with Gasteiger partial charge in [-0.15, -0.1) is 0 Å². The second-order valence-electron chi connectivity index (χ2n) is 7.59. The molecule has 2 aromatic heterocycles. The van der Waals surface area contributed by atoms with Gasteiger partial charge in [0, 0.05) is 31.9 Å². The second kappa shape index (κ2) is 7.06. The third-order valence-electron chi connectivity index (χ3n) is 5.06. The molecule has 7 nitrogen and oxygen atoms in total. The van der Waals surface area contributed by atoms with Crippen molar-refractivity contribution in [2.24, 2.45) is 18.9 Å². The molecule has 0 unspecified atom stereocenters. The number of hydrogen-bond donors (Lipinski definition) is 1. The zero-order valence-corrected chi connectivity index (χ0v) is 16.3. The van der Waals surface area contributed by atoms with Gasteiger partial charge in [-0.05, 0) is 30.4 Å². The Balaban J connectivity index is 1.75. The monoisotopic (exact) mass is 366 g/mol. The van der Waals surface area contributed by atoms with Crippen LogP contribution in [0.4, 0.5) is 17.5 Å². The van der Waals surface area contributed by atoms with E-state index in [0.717, 1.165) is 47.3 Å². The highest BCUT2D eigenvalue weighted by Gasteiger charge is 2.25. The Bertz CT molecular complexity index is 943. The van der Waals surface area contributed by atoms with E-state index in [1.807, 2.05) is 37.5 Å². The zero-order chi connectivity index (χ0) is 19.0. The van der Waals surface area contributed by atoms with E-state index in [2.05, 4.69) is 29.2 Å². The van der Waals surface area contributed by atoms with E-state index in [-0.39, 0.29) is 0 Å². The number of methoxy groups -OCH3 is 1. The Morgan fingerprint density at radius 3 is 2.67 bits per heavy atom. The molecule has 1 N–H and O–H groups in total. The van der Waals surface area contributed by atoms with Crippen LogP contribution in [-0.2, 0) is 7.05 Å². The van der Waals surface area contributed by atoms with Crippen LogP contribution < -0.4 is 15.0 Å². The average molecular weight is 366 g/mol. The summed E-state index contributed by atoms with van der Waals surface area (Å²) in [6, 6.07) is 7.83. The van der Waals surface area contributed by atoms with E-state index < -0.39 is 0 Å². The molecule has 142 valence electrons. The van der Waals surface area contributed by atoms with Gasteiger partial charge in [-0.1, -0.05) is 19.9 Å². The predicted molar refractivity (Wildman–Crippen MR) is 108 cm³/mol. The summed E-state index contributed by atoms with van der Waals surface area (Å²) in [5.74, 6) is 3.59. The number of piperidine rings is 1. The van der Waals surface area contributed by atoms with E-state index in [4.69, 9.17) is 14.7 Å². The first-order valence-electron chi connectivity index (χ1n) is 9.39. The van der Waals surface area contributed by atoms with Crippen LogP contribution in [0.5, 0.6) is 5.75 Å². The van der Waals surface area contributed by atoms with Crippen molar-refractivity contribution in [3.63, 3.8) is 0 Å². The quantitative estimate of drug-likeness (QED) is 0.761. The van der Waals surface area contributed by atoms with Crippen molar-refractivity contribution >= 4 is 28.5 Å². The number of ether oxygens (including phenoxy) is 1. The molecule has 1 aromatic carbocycles. The number of aryl methyl sites for hydroxylation is 1. The molecule has 4 rings (SSSR count). The van der Waals surface area contributed by atoms with Crippen molar-refractivity contribution in [3.05, 3.63) is 30.5 Å². The van der Waals surface area contributed by atoms with Crippen LogP contribution in [0.1, 0.15) is 20.3 Å². The van der Waals surface area contributed by atoms with Gasteiger partial charge in [-0.25, -0.2) is 0 Å². The molecule has 0 aliphatic carbocycles. The van der Waals surface area contributed by atoms with Gasteiger partial charge in [0.05, 0.1) is 18.7 Å². The van der Waals surface area contributed by atoms with Crippen LogP contribution in [0.3, 0.4) is 0 Å². The van der Waals surface area contributed by atoms with Crippen molar-refractivity contribution in [2.45, 2.75) is 20.3 Å². The Labute approximate surface area is 159 Å². The minimum Gasteiger partial charge on any atom is -0.497 e. The first-order valence-corrected chi connectivity index (χ1v) is 9.39. The molecule has 1 saturated heterocycles. The zero-order valence-electron chi connectivity index (χ0n) is 16.3. The van der Waals surface area contributed by atoms with E-state index >= 15 is 0 Å². The Morgan fingerprint density at radius 2 is 1.93 bits per heavy atom. The summed E-state index contributed by atoms with van der Waals surface area (Å²) >= 11 is 0. The smallest absolute Gasteiger partial charge is 0.229 e. The molecule has 1 fully saturated rings. The van der Waals surface area contributed by atoms with Gasteiger partial charge in [0.15, 0.2) is 5.65 Å².